The van der Waals surface area contributed by atoms with E-state index in [0.29, 0.717) is 12.3 Å². The van der Waals surface area contributed by atoms with Crippen LogP contribution in [0.3, 0.4) is 0 Å². The molecule has 1 aliphatic rings. The second kappa shape index (κ2) is 13.2. The van der Waals surface area contributed by atoms with Crippen molar-refractivity contribution in [2.75, 3.05) is 13.6 Å². The summed E-state index contributed by atoms with van der Waals surface area (Å²) in [6, 6.07) is 7.40. The Bertz CT molecular complexity index is 1050. The molecule has 3 rings (SSSR count). The molecule has 0 unspecified atom stereocenters. The minimum Gasteiger partial charge on any atom is -0.483 e. The molecule has 0 saturated carbocycles. The number of hydrogen-bond acceptors (Lipinski definition) is 3. The Balaban J connectivity index is 0.000000509. The molecule has 0 fully saturated rings. The van der Waals surface area contributed by atoms with Crippen molar-refractivity contribution in [1.82, 2.24) is 4.90 Å². The SMILES string of the molecule is C/C=C\C=C/CC.C=Cc1ccc2c(c1/C=C\CCN(C)C(=O)c1ccco1)C=CC(C)(C)O2. The smallest absolute Gasteiger partial charge is 0.289 e. The first-order valence-corrected chi connectivity index (χ1v) is 11.7. The van der Waals surface area contributed by atoms with Gasteiger partial charge < -0.3 is 14.1 Å². The summed E-state index contributed by atoms with van der Waals surface area (Å²) in [7, 11) is 1.77. The number of amides is 1. The van der Waals surface area contributed by atoms with Crippen LogP contribution in [-0.4, -0.2) is 30.0 Å². The van der Waals surface area contributed by atoms with E-state index in [0.717, 1.165) is 35.3 Å². The number of ether oxygens (including phenoxy) is 1. The maximum atomic E-state index is 12.2. The van der Waals surface area contributed by atoms with Crippen LogP contribution in [0.5, 0.6) is 5.75 Å². The van der Waals surface area contributed by atoms with Crippen LogP contribution in [0.2, 0.25) is 0 Å². The second-order valence-corrected chi connectivity index (χ2v) is 8.48. The van der Waals surface area contributed by atoms with Crippen LogP contribution >= 0.6 is 0 Å². The fourth-order valence-electron chi connectivity index (χ4n) is 3.34. The highest BCUT2D eigenvalue weighted by atomic mass is 16.5. The first-order chi connectivity index (χ1) is 16.3. The molecule has 2 aromatic rings. The van der Waals surface area contributed by atoms with E-state index in [1.165, 1.54) is 6.26 Å². The second-order valence-electron chi connectivity index (χ2n) is 8.48. The van der Waals surface area contributed by atoms with E-state index in [9.17, 15) is 4.79 Å². The zero-order valence-electron chi connectivity index (χ0n) is 21.1. The van der Waals surface area contributed by atoms with Gasteiger partial charge in [-0.15, -0.1) is 0 Å². The third-order valence-corrected chi connectivity index (χ3v) is 5.19. The number of allylic oxidation sites excluding steroid dienone is 4. The van der Waals surface area contributed by atoms with E-state index < -0.39 is 0 Å². The lowest BCUT2D eigenvalue weighted by Gasteiger charge is -2.29. The molecule has 4 heteroatoms. The normalized spacial score (nSPS) is 14.0. The van der Waals surface area contributed by atoms with Crippen LogP contribution in [-0.2, 0) is 0 Å². The lowest BCUT2D eigenvalue weighted by atomic mass is 9.94. The van der Waals surface area contributed by atoms with Crippen LogP contribution in [0.1, 0.15) is 67.8 Å². The van der Waals surface area contributed by atoms with Crippen LogP contribution in [0.4, 0.5) is 0 Å². The largest absolute Gasteiger partial charge is 0.483 e. The topological polar surface area (TPSA) is 42.7 Å². The van der Waals surface area contributed by atoms with Gasteiger partial charge in [0.2, 0.25) is 0 Å². The van der Waals surface area contributed by atoms with Gasteiger partial charge in [-0.1, -0.05) is 68.2 Å². The molecule has 1 aliphatic heterocycles. The van der Waals surface area contributed by atoms with Crippen LogP contribution < -0.4 is 4.74 Å². The molecule has 0 spiro atoms. The van der Waals surface area contributed by atoms with Gasteiger partial charge in [-0.2, -0.15) is 0 Å². The van der Waals surface area contributed by atoms with Gasteiger partial charge in [-0.25, -0.2) is 0 Å². The number of carbonyl (C=O) groups is 1. The summed E-state index contributed by atoms with van der Waals surface area (Å²) in [4.78, 5) is 13.8. The fourth-order valence-corrected chi connectivity index (χ4v) is 3.34. The molecule has 4 nitrogen and oxygen atoms in total. The van der Waals surface area contributed by atoms with Gasteiger partial charge in [0.15, 0.2) is 5.76 Å². The molecule has 0 atom stereocenters. The van der Waals surface area contributed by atoms with Crippen molar-refractivity contribution < 1.29 is 13.9 Å². The summed E-state index contributed by atoms with van der Waals surface area (Å²) in [5.41, 5.74) is 2.88. The van der Waals surface area contributed by atoms with E-state index >= 15 is 0 Å². The minimum atomic E-state index is -0.307. The molecule has 0 radical (unpaired) electrons. The van der Waals surface area contributed by atoms with Gasteiger partial charge in [0.25, 0.3) is 5.91 Å². The van der Waals surface area contributed by atoms with Crippen LogP contribution in [0.25, 0.3) is 18.2 Å². The van der Waals surface area contributed by atoms with Gasteiger partial charge in [0.05, 0.1) is 6.26 Å². The number of nitrogens with zero attached hydrogens (tertiary/aromatic N) is 1. The average Bonchev–Trinajstić information content (AvgIpc) is 3.36. The van der Waals surface area contributed by atoms with Crippen molar-refractivity contribution in [3.63, 3.8) is 0 Å². The molecule has 0 N–H and O–H groups in total. The number of furan rings is 1. The Labute approximate surface area is 204 Å². The summed E-state index contributed by atoms with van der Waals surface area (Å²) in [5.74, 6) is 1.12. The van der Waals surface area contributed by atoms with E-state index in [-0.39, 0.29) is 11.5 Å². The van der Waals surface area contributed by atoms with E-state index in [1.54, 1.807) is 24.1 Å². The monoisotopic (exact) mass is 459 g/mol. The molecule has 1 amide bonds. The Kier molecular flexibility index (Phi) is 10.4. The number of benzene rings is 1. The fraction of sp³-hybridized carbons (Fsp3) is 0.300. The lowest BCUT2D eigenvalue weighted by molar-refractivity contribution is 0.0766. The zero-order chi connectivity index (χ0) is 25.0. The number of carbonyl (C=O) groups excluding carboxylic acids is 1. The molecule has 2 heterocycles. The summed E-state index contributed by atoms with van der Waals surface area (Å²) >= 11 is 0. The van der Waals surface area contributed by atoms with E-state index in [2.05, 4.69) is 50.0 Å². The molecule has 34 heavy (non-hydrogen) atoms. The van der Waals surface area contributed by atoms with Gasteiger partial charge in [0.1, 0.15) is 11.4 Å². The Morgan fingerprint density at radius 3 is 2.62 bits per heavy atom. The van der Waals surface area contributed by atoms with Crippen molar-refractivity contribution in [2.24, 2.45) is 0 Å². The van der Waals surface area contributed by atoms with Crippen molar-refractivity contribution >= 4 is 24.1 Å². The quantitative estimate of drug-likeness (QED) is 0.378. The number of hydrogen-bond donors (Lipinski definition) is 0. The standard InChI is InChI=1S/C23H25NO3.C7H12/c1-5-17-11-12-20-19(13-14-23(2,3)27-20)18(17)9-6-7-15-24(4)22(25)21-10-8-16-26-21;1-3-5-7-6-4-2/h5-6,8-14,16H,1,7,15H2,2-4H3;3,5-7H,4H2,1-2H3/b9-6-;5-3-,7-6-. The third-order valence-electron chi connectivity index (χ3n) is 5.19. The Morgan fingerprint density at radius 1 is 1.18 bits per heavy atom. The molecular weight excluding hydrogens is 422 g/mol. The molecule has 1 aromatic carbocycles. The lowest BCUT2D eigenvalue weighted by Crippen LogP contribution is -2.27. The third kappa shape index (κ3) is 7.80. The molecule has 180 valence electrons. The molecule has 0 bridgehead atoms. The number of fused-ring (bicyclic) bond motifs is 1. The zero-order valence-corrected chi connectivity index (χ0v) is 21.1. The highest BCUT2D eigenvalue weighted by Crippen LogP contribution is 2.35. The maximum absolute atomic E-state index is 12.2. The Morgan fingerprint density at radius 2 is 1.97 bits per heavy atom. The summed E-state index contributed by atoms with van der Waals surface area (Å²) in [5, 5.41) is 0. The predicted octanol–water partition coefficient (Wildman–Crippen LogP) is 7.81. The van der Waals surface area contributed by atoms with Crippen molar-refractivity contribution in [3.8, 4) is 5.75 Å². The minimum absolute atomic E-state index is 0.115. The average molecular weight is 460 g/mol. The molecule has 0 saturated heterocycles. The highest BCUT2D eigenvalue weighted by molar-refractivity contribution is 5.91. The highest BCUT2D eigenvalue weighted by Gasteiger charge is 2.23. The Hall–Kier alpha value is -3.53. The van der Waals surface area contributed by atoms with Gasteiger partial charge in [-0.05, 0) is 69.0 Å². The maximum Gasteiger partial charge on any atom is 0.289 e. The summed E-state index contributed by atoms with van der Waals surface area (Å²) in [6.07, 6.45) is 21.8. The van der Waals surface area contributed by atoms with Crippen LogP contribution in [0.15, 0.2) is 78.0 Å². The summed E-state index contributed by atoms with van der Waals surface area (Å²) < 4.78 is 11.2. The van der Waals surface area contributed by atoms with Crippen molar-refractivity contribution in [3.05, 3.63) is 96.0 Å². The van der Waals surface area contributed by atoms with Gasteiger partial charge >= 0.3 is 0 Å². The first kappa shape index (κ1) is 26.7. The van der Waals surface area contributed by atoms with E-state index in [4.69, 9.17) is 9.15 Å². The van der Waals surface area contributed by atoms with Gasteiger partial charge in [0, 0.05) is 19.2 Å². The van der Waals surface area contributed by atoms with E-state index in [1.807, 2.05) is 51.1 Å². The van der Waals surface area contributed by atoms with Crippen molar-refractivity contribution in [1.29, 1.82) is 0 Å². The molecule has 1 aromatic heterocycles. The predicted molar refractivity (Wildman–Crippen MR) is 144 cm³/mol. The van der Waals surface area contributed by atoms with Crippen molar-refractivity contribution in [2.45, 2.75) is 46.1 Å². The van der Waals surface area contributed by atoms with Crippen LogP contribution in [0, 0.1) is 0 Å². The molecule has 0 aliphatic carbocycles. The first-order valence-electron chi connectivity index (χ1n) is 11.7. The molecular formula is C30H37NO3. The van der Waals surface area contributed by atoms with Gasteiger partial charge in [-0.3, -0.25) is 4.79 Å². The summed E-state index contributed by atoms with van der Waals surface area (Å²) in [6.45, 7) is 12.7. The number of rotatable bonds is 8.